The zero-order valence-corrected chi connectivity index (χ0v) is 13.4. The number of hydrogen-bond acceptors (Lipinski definition) is 4. The normalized spacial score (nSPS) is 12.1. The molecule has 0 spiro atoms. The molecule has 2 rings (SSSR count). The number of rotatable bonds is 2. The Balaban J connectivity index is 0.00000180. The van der Waals surface area contributed by atoms with Crippen LogP contribution in [0.4, 0.5) is 0 Å². The van der Waals surface area contributed by atoms with Gasteiger partial charge in [-0.15, -0.1) is 0 Å². The van der Waals surface area contributed by atoms with Gasteiger partial charge in [-0.3, -0.25) is 9.11 Å². The molecule has 0 aliphatic carbocycles. The molecule has 0 heterocycles. The average Bonchev–Trinajstić information content (AvgIpc) is 2.25. The molecule has 97 valence electrons. The zero-order chi connectivity index (χ0) is 13.6. The monoisotopic (exact) mass is 311 g/mol. The Morgan fingerprint density at radius 3 is 1.37 bits per heavy atom. The fourth-order valence-corrected chi connectivity index (χ4v) is 2.56. The Hall–Kier alpha value is -0.480. The topological polar surface area (TPSA) is 109 Å². The average molecular weight is 311 g/mol. The molecule has 0 saturated carbocycles. The van der Waals surface area contributed by atoms with Crippen molar-refractivity contribution in [1.29, 1.82) is 0 Å². The van der Waals surface area contributed by atoms with E-state index >= 15 is 0 Å². The van der Waals surface area contributed by atoms with Crippen molar-refractivity contribution in [1.82, 2.24) is 0 Å². The van der Waals surface area contributed by atoms with Crippen molar-refractivity contribution in [2.45, 2.75) is 9.79 Å². The van der Waals surface area contributed by atoms with Gasteiger partial charge in [0.2, 0.25) is 0 Å². The molecule has 2 N–H and O–H groups in total. The standard InChI is InChI=1S/C10H8O6S2.Na/c11-17(12,13)9-3-1-7-2-4-10(18(14,15)16)6-8(7)5-9;/h1-6H,(H,11,12,13)(H,14,15,16);. The molecular formula is C10H8NaO6S2. The molecular weight excluding hydrogens is 303 g/mol. The molecule has 2 aromatic rings. The van der Waals surface area contributed by atoms with Crippen molar-refractivity contribution < 1.29 is 25.9 Å². The summed E-state index contributed by atoms with van der Waals surface area (Å²) in [5, 5.41) is 0.857. The summed E-state index contributed by atoms with van der Waals surface area (Å²) in [6.07, 6.45) is 0. The summed E-state index contributed by atoms with van der Waals surface area (Å²) < 4.78 is 61.5. The van der Waals surface area contributed by atoms with Crippen LogP contribution in [0.2, 0.25) is 0 Å². The zero-order valence-electron chi connectivity index (χ0n) is 9.81. The Bertz CT molecular complexity index is 759. The molecule has 0 aliphatic rings. The summed E-state index contributed by atoms with van der Waals surface area (Å²) in [4.78, 5) is -0.690. The summed E-state index contributed by atoms with van der Waals surface area (Å²) >= 11 is 0. The van der Waals surface area contributed by atoms with Gasteiger partial charge in [0.05, 0.1) is 9.79 Å². The van der Waals surface area contributed by atoms with E-state index in [1.165, 1.54) is 24.3 Å². The predicted molar refractivity (Wildman–Crippen MR) is 69.3 cm³/mol. The first-order valence-electron chi connectivity index (χ1n) is 4.67. The molecule has 2 aromatic carbocycles. The van der Waals surface area contributed by atoms with Gasteiger partial charge in [0.25, 0.3) is 20.2 Å². The van der Waals surface area contributed by atoms with Crippen LogP contribution in [-0.4, -0.2) is 55.5 Å². The fourth-order valence-electron chi connectivity index (χ4n) is 1.52. The Kier molecular flexibility index (Phi) is 4.79. The molecule has 0 atom stereocenters. The van der Waals surface area contributed by atoms with Gasteiger partial charge in [-0.05, 0) is 35.0 Å². The predicted octanol–water partition coefficient (Wildman–Crippen LogP) is 0.952. The minimum Gasteiger partial charge on any atom is -0.282 e. The fraction of sp³-hybridized carbons (Fsp3) is 0. The number of hydrogen-bond donors (Lipinski definition) is 2. The summed E-state index contributed by atoms with van der Waals surface area (Å²) in [6.45, 7) is 0. The molecule has 0 bridgehead atoms. The summed E-state index contributed by atoms with van der Waals surface area (Å²) in [7, 11) is -8.71. The van der Waals surface area contributed by atoms with Gasteiger partial charge in [-0.1, -0.05) is 12.1 Å². The van der Waals surface area contributed by atoms with Gasteiger partial charge in [0.15, 0.2) is 0 Å². The number of benzene rings is 2. The van der Waals surface area contributed by atoms with Crippen LogP contribution in [0.3, 0.4) is 0 Å². The minimum atomic E-state index is -4.35. The third-order valence-electron chi connectivity index (χ3n) is 2.38. The summed E-state index contributed by atoms with van der Waals surface area (Å²) in [6, 6.07) is 7.49. The van der Waals surface area contributed by atoms with Crippen LogP contribution >= 0.6 is 0 Å². The van der Waals surface area contributed by atoms with Crippen molar-refractivity contribution in [3.8, 4) is 0 Å². The van der Waals surface area contributed by atoms with Gasteiger partial charge < -0.3 is 0 Å². The summed E-state index contributed by atoms with van der Waals surface area (Å²) in [5.41, 5.74) is 0. The van der Waals surface area contributed by atoms with E-state index in [1.807, 2.05) is 0 Å². The smallest absolute Gasteiger partial charge is 0.282 e. The molecule has 6 nitrogen and oxygen atoms in total. The van der Waals surface area contributed by atoms with E-state index in [1.54, 1.807) is 0 Å². The van der Waals surface area contributed by atoms with Crippen molar-refractivity contribution >= 4 is 60.6 Å². The molecule has 0 aromatic heterocycles. The maximum atomic E-state index is 10.9. The van der Waals surface area contributed by atoms with E-state index in [4.69, 9.17) is 9.11 Å². The van der Waals surface area contributed by atoms with Crippen LogP contribution in [0.15, 0.2) is 46.2 Å². The first-order valence-corrected chi connectivity index (χ1v) is 7.55. The maximum absolute atomic E-state index is 10.9. The van der Waals surface area contributed by atoms with Crippen molar-refractivity contribution in [3.05, 3.63) is 36.4 Å². The van der Waals surface area contributed by atoms with Crippen LogP contribution < -0.4 is 0 Å². The second kappa shape index (κ2) is 5.49. The van der Waals surface area contributed by atoms with E-state index in [-0.39, 0.29) is 44.7 Å². The van der Waals surface area contributed by atoms with Crippen molar-refractivity contribution in [3.63, 3.8) is 0 Å². The van der Waals surface area contributed by atoms with Crippen molar-refractivity contribution in [2.75, 3.05) is 0 Å². The number of fused-ring (bicyclic) bond motifs is 1. The first-order chi connectivity index (χ1) is 8.18. The molecule has 0 saturated heterocycles. The Labute approximate surface area is 132 Å². The molecule has 0 fully saturated rings. The Morgan fingerprint density at radius 1 is 0.684 bits per heavy atom. The molecule has 0 amide bonds. The van der Waals surface area contributed by atoms with E-state index < -0.39 is 20.2 Å². The molecule has 9 heteroatoms. The molecule has 0 aliphatic heterocycles. The van der Waals surface area contributed by atoms with Crippen LogP contribution in [0, 0.1) is 0 Å². The van der Waals surface area contributed by atoms with E-state index in [0.29, 0.717) is 5.39 Å². The van der Waals surface area contributed by atoms with E-state index in [2.05, 4.69) is 0 Å². The van der Waals surface area contributed by atoms with Crippen LogP contribution in [0.1, 0.15) is 0 Å². The maximum Gasteiger partial charge on any atom is 0.294 e. The molecule has 1 radical (unpaired) electrons. The van der Waals surface area contributed by atoms with Gasteiger partial charge in [0, 0.05) is 29.6 Å². The van der Waals surface area contributed by atoms with Gasteiger partial charge in [-0.25, -0.2) is 0 Å². The van der Waals surface area contributed by atoms with Crippen LogP contribution in [0.5, 0.6) is 0 Å². The van der Waals surface area contributed by atoms with Gasteiger partial charge in [-0.2, -0.15) is 16.8 Å². The van der Waals surface area contributed by atoms with Crippen molar-refractivity contribution in [2.24, 2.45) is 0 Å². The summed E-state index contributed by atoms with van der Waals surface area (Å²) in [5.74, 6) is 0. The largest absolute Gasteiger partial charge is 0.294 e. The second-order valence-corrected chi connectivity index (χ2v) is 6.46. The molecule has 0 unspecified atom stereocenters. The van der Waals surface area contributed by atoms with Gasteiger partial charge >= 0.3 is 0 Å². The first kappa shape index (κ1) is 16.6. The minimum absolute atomic E-state index is 0. The third kappa shape index (κ3) is 3.76. The Morgan fingerprint density at radius 2 is 1.05 bits per heavy atom. The molecule has 19 heavy (non-hydrogen) atoms. The van der Waals surface area contributed by atoms with Crippen LogP contribution in [0.25, 0.3) is 10.8 Å². The SMILES string of the molecule is O=S(=O)(O)c1ccc2ccc(S(=O)(=O)O)cc2c1.[Na]. The van der Waals surface area contributed by atoms with Crippen LogP contribution in [-0.2, 0) is 20.2 Å². The second-order valence-electron chi connectivity index (χ2n) is 3.62. The van der Waals surface area contributed by atoms with E-state index in [0.717, 1.165) is 12.1 Å². The van der Waals surface area contributed by atoms with E-state index in [9.17, 15) is 16.8 Å². The third-order valence-corrected chi connectivity index (χ3v) is 4.08. The van der Waals surface area contributed by atoms with Gasteiger partial charge in [0.1, 0.15) is 0 Å². The quantitative estimate of drug-likeness (QED) is 0.631.